The van der Waals surface area contributed by atoms with Crippen LogP contribution in [0.5, 0.6) is 0 Å². The van der Waals surface area contributed by atoms with Crippen LogP contribution in [0.3, 0.4) is 0 Å². The molecule has 1 aromatic heterocycles. The van der Waals surface area contributed by atoms with Crippen molar-refractivity contribution >= 4 is 16.5 Å². The van der Waals surface area contributed by atoms with Gasteiger partial charge in [0.25, 0.3) is 0 Å². The zero-order chi connectivity index (χ0) is 18.0. The van der Waals surface area contributed by atoms with Gasteiger partial charge in [-0.3, -0.25) is 0 Å². The highest BCUT2D eigenvalue weighted by Gasteiger charge is 2.15. The molecular formula is C22H26N2S. The quantitative estimate of drug-likeness (QED) is 0.574. The van der Waals surface area contributed by atoms with Crippen LogP contribution >= 0.6 is 11.3 Å². The molecule has 0 aliphatic heterocycles. The second kappa shape index (κ2) is 7.01. The zero-order valence-corrected chi connectivity index (χ0v) is 16.4. The molecule has 1 heterocycles. The second-order valence-corrected chi connectivity index (χ2v) is 8.73. The smallest absolute Gasteiger partial charge is 0.183 e. The number of hydrogen-bond donors (Lipinski definition) is 1. The van der Waals surface area contributed by atoms with Gasteiger partial charge in [-0.15, -0.1) is 11.3 Å². The topological polar surface area (TPSA) is 24.9 Å². The maximum atomic E-state index is 4.84. The van der Waals surface area contributed by atoms with Crippen LogP contribution in [0.1, 0.15) is 49.7 Å². The van der Waals surface area contributed by atoms with Crippen LogP contribution in [0.25, 0.3) is 11.3 Å². The molecule has 2 nitrogen and oxygen atoms in total. The lowest BCUT2D eigenvalue weighted by Crippen LogP contribution is -2.10. The molecule has 0 unspecified atom stereocenters. The van der Waals surface area contributed by atoms with Gasteiger partial charge in [-0.05, 0) is 30.4 Å². The van der Waals surface area contributed by atoms with Crippen LogP contribution < -0.4 is 5.32 Å². The van der Waals surface area contributed by atoms with Gasteiger partial charge in [-0.25, -0.2) is 4.98 Å². The predicted molar refractivity (Wildman–Crippen MR) is 109 cm³/mol. The lowest BCUT2D eigenvalue weighted by Gasteiger charge is -2.19. The van der Waals surface area contributed by atoms with Crippen molar-refractivity contribution in [3.05, 3.63) is 70.6 Å². The fourth-order valence-corrected chi connectivity index (χ4v) is 3.79. The average Bonchev–Trinajstić information content (AvgIpc) is 2.95. The Morgan fingerprint density at radius 2 is 1.60 bits per heavy atom. The summed E-state index contributed by atoms with van der Waals surface area (Å²) in [6, 6.07) is 19.5. The fourth-order valence-electron chi connectivity index (χ4n) is 2.86. The van der Waals surface area contributed by atoms with Crippen LogP contribution in [0.4, 0.5) is 5.13 Å². The Balaban J connectivity index is 1.81. The van der Waals surface area contributed by atoms with E-state index in [4.69, 9.17) is 4.98 Å². The van der Waals surface area contributed by atoms with E-state index in [0.717, 1.165) is 10.8 Å². The molecule has 130 valence electrons. The van der Waals surface area contributed by atoms with Gasteiger partial charge in [0.2, 0.25) is 0 Å². The van der Waals surface area contributed by atoms with Crippen LogP contribution in [-0.2, 0) is 5.41 Å². The lowest BCUT2D eigenvalue weighted by molar-refractivity contribution is 0.590. The first kappa shape index (κ1) is 17.7. The number of nitrogens with zero attached hydrogens (tertiary/aromatic N) is 1. The number of hydrogen-bond acceptors (Lipinski definition) is 3. The Hall–Kier alpha value is -2.13. The Morgan fingerprint density at radius 3 is 2.20 bits per heavy atom. The largest absolute Gasteiger partial charge is 0.355 e. The van der Waals surface area contributed by atoms with Gasteiger partial charge >= 0.3 is 0 Å². The third kappa shape index (κ3) is 4.10. The first-order valence-corrected chi connectivity index (χ1v) is 9.56. The Kier molecular flexibility index (Phi) is 4.96. The average molecular weight is 351 g/mol. The molecule has 1 N–H and O–H groups in total. The first-order valence-electron chi connectivity index (χ1n) is 8.74. The molecule has 2 aromatic carbocycles. The number of benzene rings is 2. The molecule has 3 aromatic rings. The highest BCUT2D eigenvalue weighted by Crippen LogP contribution is 2.33. The second-order valence-electron chi connectivity index (χ2n) is 7.53. The van der Waals surface area contributed by atoms with Crippen LogP contribution in [0.15, 0.2) is 54.6 Å². The Bertz CT molecular complexity index is 827. The summed E-state index contributed by atoms with van der Waals surface area (Å²) in [6.07, 6.45) is 0. The molecule has 0 aliphatic rings. The first-order chi connectivity index (χ1) is 11.8. The SMILES string of the molecule is Cc1sc(N[C@@H](C)c2ccccc2)nc1-c1ccc(C(C)(C)C)cc1. The van der Waals surface area contributed by atoms with E-state index in [9.17, 15) is 0 Å². The van der Waals surface area contributed by atoms with Gasteiger partial charge in [0, 0.05) is 10.4 Å². The van der Waals surface area contributed by atoms with E-state index in [-0.39, 0.29) is 11.5 Å². The maximum absolute atomic E-state index is 4.84. The molecule has 0 spiro atoms. The van der Waals surface area contributed by atoms with E-state index in [1.165, 1.54) is 21.6 Å². The van der Waals surface area contributed by atoms with Gasteiger partial charge in [0.15, 0.2) is 5.13 Å². The van der Waals surface area contributed by atoms with Crippen LogP contribution in [0, 0.1) is 6.92 Å². The molecule has 0 radical (unpaired) electrons. The third-order valence-corrected chi connectivity index (χ3v) is 5.36. The Labute approximate surface area is 155 Å². The number of nitrogens with one attached hydrogen (secondary N) is 1. The van der Waals surface area contributed by atoms with Crippen molar-refractivity contribution in [2.24, 2.45) is 0 Å². The summed E-state index contributed by atoms with van der Waals surface area (Å²) in [6.45, 7) is 11.0. The number of thiazole rings is 1. The molecule has 0 aliphatic carbocycles. The van der Waals surface area contributed by atoms with E-state index >= 15 is 0 Å². The molecule has 0 bridgehead atoms. The van der Waals surface area contributed by atoms with Crippen molar-refractivity contribution in [1.29, 1.82) is 0 Å². The molecule has 0 saturated heterocycles. The molecule has 0 saturated carbocycles. The minimum absolute atomic E-state index is 0.174. The molecule has 3 heteroatoms. The summed E-state index contributed by atoms with van der Waals surface area (Å²) in [5, 5.41) is 4.51. The van der Waals surface area contributed by atoms with E-state index < -0.39 is 0 Å². The summed E-state index contributed by atoms with van der Waals surface area (Å²) in [7, 11) is 0. The molecule has 0 amide bonds. The number of anilines is 1. The Morgan fingerprint density at radius 1 is 0.960 bits per heavy atom. The van der Waals surface area contributed by atoms with Gasteiger partial charge in [-0.2, -0.15) is 0 Å². The summed E-state index contributed by atoms with van der Waals surface area (Å²) < 4.78 is 0. The van der Waals surface area contributed by atoms with Crippen LogP contribution in [0.2, 0.25) is 0 Å². The molecule has 1 atom stereocenters. The summed E-state index contributed by atoms with van der Waals surface area (Å²) in [5.41, 5.74) is 5.05. The van der Waals surface area contributed by atoms with Crippen molar-refractivity contribution in [3.8, 4) is 11.3 Å². The minimum atomic E-state index is 0.174. The predicted octanol–water partition coefficient (Wildman–Crippen LogP) is 6.59. The maximum Gasteiger partial charge on any atom is 0.183 e. The van der Waals surface area contributed by atoms with Crippen LogP contribution in [-0.4, -0.2) is 4.98 Å². The van der Waals surface area contributed by atoms with Crippen molar-refractivity contribution < 1.29 is 0 Å². The highest BCUT2D eigenvalue weighted by molar-refractivity contribution is 7.16. The van der Waals surface area contributed by atoms with Gasteiger partial charge in [-0.1, -0.05) is 75.4 Å². The molecule has 0 fully saturated rings. The monoisotopic (exact) mass is 350 g/mol. The highest BCUT2D eigenvalue weighted by atomic mass is 32.1. The van der Waals surface area contributed by atoms with Crippen molar-refractivity contribution in [2.45, 2.75) is 46.1 Å². The van der Waals surface area contributed by atoms with E-state index in [1.54, 1.807) is 11.3 Å². The summed E-state index contributed by atoms with van der Waals surface area (Å²) in [4.78, 5) is 6.09. The standard InChI is InChI=1S/C22H26N2S/c1-15(17-9-7-6-8-10-17)23-21-24-20(16(2)25-21)18-11-13-19(14-12-18)22(3,4)5/h6-15H,1-5H3,(H,23,24)/t15-/m0/s1. The van der Waals surface area contributed by atoms with Crippen molar-refractivity contribution in [3.63, 3.8) is 0 Å². The van der Waals surface area contributed by atoms with E-state index in [1.807, 2.05) is 6.07 Å². The zero-order valence-electron chi connectivity index (χ0n) is 15.6. The molecule has 3 rings (SSSR count). The minimum Gasteiger partial charge on any atom is -0.355 e. The van der Waals surface area contributed by atoms with Gasteiger partial charge < -0.3 is 5.32 Å². The van der Waals surface area contributed by atoms with E-state index in [2.05, 4.69) is 88.5 Å². The van der Waals surface area contributed by atoms with Gasteiger partial charge in [0.05, 0.1) is 11.7 Å². The normalized spacial score (nSPS) is 12.8. The fraction of sp³-hybridized carbons (Fsp3) is 0.318. The van der Waals surface area contributed by atoms with Crippen molar-refractivity contribution in [2.75, 3.05) is 5.32 Å². The summed E-state index contributed by atoms with van der Waals surface area (Å²) >= 11 is 1.72. The van der Waals surface area contributed by atoms with Gasteiger partial charge in [0.1, 0.15) is 0 Å². The molecule has 25 heavy (non-hydrogen) atoms. The van der Waals surface area contributed by atoms with Crippen molar-refractivity contribution in [1.82, 2.24) is 4.98 Å². The number of aromatic nitrogens is 1. The number of rotatable bonds is 4. The van der Waals surface area contributed by atoms with E-state index in [0.29, 0.717) is 0 Å². The number of aryl methyl sites for hydroxylation is 1. The molecular weight excluding hydrogens is 324 g/mol. The lowest BCUT2D eigenvalue weighted by atomic mass is 9.86. The summed E-state index contributed by atoms with van der Waals surface area (Å²) in [5.74, 6) is 0. The third-order valence-electron chi connectivity index (χ3n) is 4.46.